The van der Waals surface area contributed by atoms with Crippen molar-refractivity contribution in [3.05, 3.63) is 30.3 Å². The average molecular weight is 1320 g/mol. The molecule has 0 heterocycles. The molecular weight excluding hydrogens is 1190 g/mol. The Kier molecular flexibility index (Phi) is 46.8. The quantitative estimate of drug-likeness (QED) is 0.0353. The molecule has 0 bridgehead atoms. The fourth-order valence-electron chi connectivity index (χ4n) is 19.8. The smallest absolute Gasteiger partial charge is 0.870 e. The first-order valence-corrected chi connectivity index (χ1v) is 34.7. The molecule has 3 N–H and O–H groups in total. The number of carboxylic acids is 1. The van der Waals surface area contributed by atoms with Crippen molar-refractivity contribution in [1.29, 1.82) is 0 Å². The second-order valence-electron chi connectivity index (χ2n) is 30.1. The van der Waals surface area contributed by atoms with Gasteiger partial charge in [-0.1, -0.05) is 160 Å². The molecule has 95 heavy (non-hydrogen) atoms. The molecule has 16 atom stereocenters. The molecule has 8 aliphatic carbocycles. The van der Waals surface area contributed by atoms with E-state index < -0.39 is 12.1 Å². The van der Waals surface area contributed by atoms with Crippen LogP contribution in [0.25, 0.3) is 0 Å². The normalized spacial score (nSPS) is 30.6. The van der Waals surface area contributed by atoms with E-state index in [1.54, 1.807) is 5.57 Å². The maximum atomic E-state index is 12.7. The number of allylic oxidation sites excluding steroid dienone is 2. The fraction of sp³-hybridized carbons (Fsp3) is 0.853. The first kappa shape index (κ1) is 96.6. The van der Waals surface area contributed by atoms with Crippen LogP contribution in [0.2, 0.25) is 0 Å². The largest absolute Gasteiger partial charge is 1.00 e. The van der Waals surface area contributed by atoms with E-state index in [1.165, 1.54) is 113 Å². The summed E-state index contributed by atoms with van der Waals surface area (Å²) in [5, 5.41) is 16.3. The number of carbonyl (C=O) groups excluding carboxylic acids is 8. The van der Waals surface area contributed by atoms with Crippen LogP contribution in [0.3, 0.4) is 0 Å². The Hall–Kier alpha value is -2.61. The van der Waals surface area contributed by atoms with Crippen LogP contribution in [-0.4, -0.2) is 116 Å². The number of esters is 1. The van der Waals surface area contributed by atoms with Crippen molar-refractivity contribution in [3.8, 4) is 0 Å². The van der Waals surface area contributed by atoms with Crippen LogP contribution in [-0.2, 0) is 43.0 Å². The van der Waals surface area contributed by atoms with E-state index >= 15 is 0 Å². The van der Waals surface area contributed by atoms with Gasteiger partial charge in [-0.15, -0.1) is 0 Å². The van der Waals surface area contributed by atoms with Gasteiger partial charge in [-0.3, -0.25) is 16.7 Å². The summed E-state index contributed by atoms with van der Waals surface area (Å²) in [6.07, 6.45) is 33.4. The summed E-state index contributed by atoms with van der Waals surface area (Å²) in [5.41, 5.74) is 4.59. The Morgan fingerprint density at radius 2 is 0.989 bits per heavy atom. The van der Waals surface area contributed by atoms with Crippen LogP contribution in [0.5, 0.6) is 0 Å². The molecule has 532 valence electrons. The van der Waals surface area contributed by atoms with Gasteiger partial charge in [0, 0.05) is 39.0 Å². The zero-order valence-corrected chi connectivity index (χ0v) is 60.1. The van der Waals surface area contributed by atoms with Gasteiger partial charge in [-0.25, -0.2) is 9.59 Å². The second-order valence-corrected chi connectivity index (χ2v) is 30.1. The summed E-state index contributed by atoms with van der Waals surface area (Å²) in [7, 11) is 3.64. The van der Waals surface area contributed by atoms with Crippen molar-refractivity contribution >= 4 is 36.4 Å². The summed E-state index contributed by atoms with van der Waals surface area (Å²) in [6, 6.07) is 0. The van der Waals surface area contributed by atoms with Gasteiger partial charge in [-0.2, -0.15) is 19.2 Å². The zero-order valence-electron chi connectivity index (χ0n) is 60.1. The molecule has 6 saturated carbocycles. The molecule has 20 heteroatoms. The van der Waals surface area contributed by atoms with Gasteiger partial charge >= 0.3 is 87.0 Å². The number of aliphatic carboxylic acids is 1. The molecule has 17 nitrogen and oxygen atoms in total. The van der Waals surface area contributed by atoms with Gasteiger partial charge in [0.1, 0.15) is 12.2 Å². The summed E-state index contributed by atoms with van der Waals surface area (Å²) in [4.78, 5) is 83.6. The third-order valence-electron chi connectivity index (χ3n) is 24.0. The second kappa shape index (κ2) is 46.0. The third-order valence-corrected chi connectivity index (χ3v) is 24.0. The number of amides is 2. The number of nitrogens with one attached hydrogen (secondary N) is 2. The van der Waals surface area contributed by atoms with E-state index in [0.29, 0.717) is 43.6 Å². The molecule has 0 radical (unpaired) electrons. The Bertz CT molecular complexity index is 2380. The van der Waals surface area contributed by atoms with Gasteiger partial charge in [-0.05, 0) is 209 Å². The number of hydrogen-bond donors (Lipinski definition) is 2. The molecule has 0 spiro atoms. The van der Waals surface area contributed by atoms with Crippen LogP contribution in [0, 0.1) is 99.7 Å². The van der Waals surface area contributed by atoms with Crippen molar-refractivity contribution < 1.29 is 120 Å². The number of carbonyl (C=O) groups is 4. The topological polar surface area (TPSA) is 248 Å². The molecule has 2 amide bonds. The van der Waals surface area contributed by atoms with E-state index in [9.17, 15) is 24.3 Å². The van der Waals surface area contributed by atoms with Gasteiger partial charge in [0.25, 0.3) is 0 Å². The van der Waals surface area contributed by atoms with Crippen molar-refractivity contribution in [2.24, 2.45) is 92.7 Å². The van der Waals surface area contributed by atoms with Crippen LogP contribution < -0.4 is 72.3 Å². The third kappa shape index (κ3) is 26.1. The fourth-order valence-corrected chi connectivity index (χ4v) is 19.8. The van der Waals surface area contributed by atoms with E-state index in [1.807, 2.05) is 11.8 Å². The molecule has 8 rings (SSSR count). The average Bonchev–Trinajstić information content (AvgIpc) is 1.71. The minimum absolute atomic E-state index is 0. The van der Waals surface area contributed by atoms with Crippen LogP contribution in [0.4, 0.5) is 9.59 Å². The molecular formula is C75H131Li3N4O13. The predicted octanol–water partition coefficient (Wildman–Crippen LogP) is 5.94. The number of alkyl carbamates (subject to hydrolysis) is 2. The SMILES string of the molecule is C.C.C.CCCN(CCNC(=O)O[C@H]1CC[C@@]2(C)C(=CC[C@H]3[C@@H]4CC[C@H]([C@H](C)CCCC(C)C)[C@@]4(C)CC[C@@H]32)C1)CC(=O)OCC.O=C=O.O=C=O.[CH2-]N(CCNC(=O)O[C@H]1CC[C@@]2(C)C(=CC[C@H]3[C@@H]4CC[C@H]([C@H](C)CCCC(C)C)[C@@]4(C)CC[C@@H]32)C1)CC(=O)[O-].[Li+].[Li+].[Li+].[OH-]. The zero-order chi connectivity index (χ0) is 65.0. The summed E-state index contributed by atoms with van der Waals surface area (Å²) in [6.45, 7) is 31.7. The molecule has 0 aromatic carbocycles. The maximum Gasteiger partial charge on any atom is 1.00 e. The van der Waals surface area contributed by atoms with Gasteiger partial charge in [0.05, 0.1) is 19.1 Å². The molecule has 6 fully saturated rings. The number of rotatable bonds is 25. The molecule has 8 aliphatic rings. The summed E-state index contributed by atoms with van der Waals surface area (Å²) in [5.74, 6) is 8.58. The van der Waals surface area contributed by atoms with Crippen LogP contribution >= 0.6 is 0 Å². The standard InChI is InChI=1S/C37H64N2O4.C33H55N2O4.2CO2.3CH4.3Li.H2O/c1-8-22-39(25-34(40)42-9-2)23-21-38-35(41)43-29-17-19-36(6)28(24-29)13-14-30-32-16-15-31(27(5)12-10-11-26(3)4)37(32,7)20-18-33(30)36;1-22(2)8-7-9-23(3)27-12-13-28-26-11-10-24-20-25(39-31(38)34-18-19-35(6)21-30(36)37)14-16-32(24,4)29(26)15-17-33(27,28)5;2*2-1-3;;;;;;;/h13,26-27,29-33H,8-12,14-25H2,1-7H3,(H,38,41);10,22-23,25-29H,6-9,11-21H2,1-5H3,(H,34,38)(H,36,37);;;3*1H4;;;;1H2/q;-1;;;;;;3*+1;/p-2/t27-,29+,30+,31-,32+,33+,36+,37-;23-,25+,26+,27-,28+,29+,32+,33-;;;;;;;;;/m11........./s1. The van der Waals surface area contributed by atoms with Crippen molar-refractivity contribution in [2.75, 3.05) is 52.4 Å². The maximum absolute atomic E-state index is 12.7. The van der Waals surface area contributed by atoms with Crippen LogP contribution in [0.1, 0.15) is 253 Å². The van der Waals surface area contributed by atoms with E-state index in [2.05, 4.69) is 106 Å². The summed E-state index contributed by atoms with van der Waals surface area (Å²) < 4.78 is 16.8. The van der Waals surface area contributed by atoms with Gasteiger partial charge in [0.15, 0.2) is 0 Å². The number of fused-ring (bicyclic) bond motifs is 10. The van der Waals surface area contributed by atoms with Crippen molar-refractivity contribution in [2.45, 2.75) is 265 Å². The van der Waals surface area contributed by atoms with E-state index in [-0.39, 0.29) is 145 Å². The molecule has 0 aromatic rings. The first-order valence-electron chi connectivity index (χ1n) is 34.7. The molecule has 0 unspecified atom stereocenters. The minimum atomic E-state index is -1.18. The van der Waals surface area contributed by atoms with Gasteiger partial charge in [0.2, 0.25) is 0 Å². The first-order chi connectivity index (χ1) is 41.8. The van der Waals surface area contributed by atoms with E-state index in [0.717, 1.165) is 123 Å². The molecule has 0 aliphatic heterocycles. The van der Waals surface area contributed by atoms with Gasteiger partial charge < -0.3 is 45.1 Å². The number of nitrogens with zero attached hydrogens (tertiary/aromatic N) is 2. The Labute approximate surface area is 613 Å². The van der Waals surface area contributed by atoms with Crippen molar-refractivity contribution in [1.82, 2.24) is 20.4 Å². The van der Waals surface area contributed by atoms with Crippen LogP contribution in [0.15, 0.2) is 23.3 Å². The molecule has 0 saturated heterocycles. The monoisotopic (exact) mass is 1320 g/mol. The van der Waals surface area contributed by atoms with E-state index in [4.69, 9.17) is 33.4 Å². The number of carboxylic acid groups (broad SMARTS) is 1. The van der Waals surface area contributed by atoms with Crippen molar-refractivity contribution in [3.63, 3.8) is 0 Å². The molecule has 0 aromatic heterocycles. The number of hydrogen-bond acceptors (Lipinski definition) is 15. The number of ether oxygens (including phenoxy) is 3. The summed E-state index contributed by atoms with van der Waals surface area (Å²) >= 11 is 0. The minimum Gasteiger partial charge on any atom is -0.870 e. The Morgan fingerprint density at radius 3 is 1.36 bits per heavy atom. The Morgan fingerprint density at radius 1 is 0.589 bits per heavy atom. The predicted molar refractivity (Wildman–Crippen MR) is 360 cm³/mol. The Balaban J connectivity index is -0.00000154.